The zero-order valence-corrected chi connectivity index (χ0v) is 16.5. The first-order valence-corrected chi connectivity index (χ1v) is 11.3. The van der Waals surface area contributed by atoms with Gasteiger partial charge in [-0.25, -0.2) is 13.4 Å². The summed E-state index contributed by atoms with van der Waals surface area (Å²) in [6, 6.07) is 16.2. The second kappa shape index (κ2) is 6.80. The molecule has 1 aliphatic heterocycles. The quantitative estimate of drug-likeness (QED) is 0.495. The molecule has 5 rings (SSSR count). The number of sulfonamides is 1. The van der Waals surface area contributed by atoms with E-state index in [2.05, 4.69) is 5.16 Å². The lowest BCUT2D eigenvalue weighted by Crippen LogP contribution is -2.31. The van der Waals surface area contributed by atoms with Crippen LogP contribution in [0.1, 0.15) is 23.9 Å². The van der Waals surface area contributed by atoms with E-state index in [1.54, 1.807) is 46.0 Å². The number of rotatable bonds is 4. The predicted molar refractivity (Wildman–Crippen MR) is 107 cm³/mol. The third kappa shape index (κ3) is 2.85. The molecule has 3 heterocycles. The maximum atomic E-state index is 13.6. The highest BCUT2D eigenvalue weighted by atomic mass is 32.2. The number of fused-ring (bicyclic) bond motifs is 1. The van der Waals surface area contributed by atoms with Crippen LogP contribution in [0.15, 0.2) is 70.2 Å². The molecule has 1 aliphatic rings. The maximum absolute atomic E-state index is 13.6. The summed E-state index contributed by atoms with van der Waals surface area (Å²) >= 11 is 1.57. The fourth-order valence-electron chi connectivity index (χ4n) is 3.68. The molecule has 0 saturated carbocycles. The summed E-state index contributed by atoms with van der Waals surface area (Å²) in [7, 11) is -3.72. The average molecular weight is 412 g/mol. The molecule has 0 bridgehead atoms. The Morgan fingerprint density at radius 3 is 2.71 bits per heavy atom. The summed E-state index contributed by atoms with van der Waals surface area (Å²) < 4.78 is 35.1. The zero-order valence-electron chi connectivity index (χ0n) is 14.9. The van der Waals surface area contributed by atoms with Crippen molar-refractivity contribution in [1.29, 1.82) is 0 Å². The number of thiazole rings is 1. The molecular formula is C20H17N3O3S2. The van der Waals surface area contributed by atoms with Gasteiger partial charge in [-0.1, -0.05) is 29.4 Å². The van der Waals surface area contributed by atoms with Crippen molar-refractivity contribution in [1.82, 2.24) is 14.4 Å². The molecule has 2 aromatic heterocycles. The minimum Gasteiger partial charge on any atom is -0.356 e. The normalized spacial score (nSPS) is 18.1. The van der Waals surface area contributed by atoms with Gasteiger partial charge in [0.25, 0.3) is 0 Å². The summed E-state index contributed by atoms with van der Waals surface area (Å²) in [5.74, 6) is 0.440. The van der Waals surface area contributed by atoms with Gasteiger partial charge in [0.2, 0.25) is 10.0 Å². The van der Waals surface area contributed by atoms with Crippen LogP contribution in [0.5, 0.6) is 0 Å². The molecule has 0 radical (unpaired) electrons. The van der Waals surface area contributed by atoms with Gasteiger partial charge >= 0.3 is 0 Å². The monoisotopic (exact) mass is 411 g/mol. The SMILES string of the molecule is O=S(=O)(c1ccccc1-c1ccno1)N1CCCC1c1nc2ccccc2s1. The zero-order chi connectivity index (χ0) is 19.1. The Kier molecular flexibility index (Phi) is 4.26. The number of benzene rings is 2. The number of hydrogen-bond acceptors (Lipinski definition) is 6. The predicted octanol–water partition coefficient (Wildman–Crippen LogP) is 4.48. The lowest BCUT2D eigenvalue weighted by atomic mass is 10.2. The third-order valence-electron chi connectivity index (χ3n) is 4.98. The molecule has 0 spiro atoms. The molecule has 28 heavy (non-hydrogen) atoms. The van der Waals surface area contributed by atoms with Crippen LogP contribution in [0.3, 0.4) is 0 Å². The van der Waals surface area contributed by atoms with Crippen LogP contribution in [-0.2, 0) is 10.0 Å². The highest BCUT2D eigenvalue weighted by molar-refractivity contribution is 7.89. The Balaban J connectivity index is 1.58. The minimum absolute atomic E-state index is 0.236. The van der Waals surface area contributed by atoms with E-state index in [9.17, 15) is 8.42 Å². The molecule has 6 nitrogen and oxygen atoms in total. The van der Waals surface area contributed by atoms with Crippen LogP contribution in [-0.4, -0.2) is 29.4 Å². The summed E-state index contributed by atoms with van der Waals surface area (Å²) in [5, 5.41) is 4.56. The second-order valence-electron chi connectivity index (χ2n) is 6.67. The standard InChI is InChI=1S/C20H17N3O3S2/c24-28(25,19-10-4-1-6-14(19)17-11-12-21-26-17)23-13-5-8-16(23)20-22-15-7-2-3-9-18(15)27-20/h1-4,6-7,9-12,16H,5,8,13H2. The van der Waals surface area contributed by atoms with Gasteiger partial charge in [-0.3, -0.25) is 0 Å². The summed E-state index contributed by atoms with van der Waals surface area (Å²) in [4.78, 5) is 4.94. The van der Waals surface area contributed by atoms with E-state index in [0.717, 1.165) is 28.1 Å². The molecule has 2 aromatic carbocycles. The van der Waals surface area contributed by atoms with Gasteiger partial charge in [-0.2, -0.15) is 4.31 Å². The number of hydrogen-bond donors (Lipinski definition) is 0. The summed E-state index contributed by atoms with van der Waals surface area (Å²) in [6.07, 6.45) is 3.09. The molecule has 1 atom stereocenters. The van der Waals surface area contributed by atoms with E-state index >= 15 is 0 Å². The topological polar surface area (TPSA) is 76.3 Å². The van der Waals surface area contributed by atoms with Crippen molar-refractivity contribution >= 4 is 31.6 Å². The first-order chi connectivity index (χ1) is 13.6. The van der Waals surface area contributed by atoms with Crippen LogP contribution in [0.4, 0.5) is 0 Å². The van der Waals surface area contributed by atoms with Gasteiger partial charge in [0.05, 0.1) is 27.4 Å². The van der Waals surface area contributed by atoms with Crippen LogP contribution >= 0.6 is 11.3 Å². The third-order valence-corrected chi connectivity index (χ3v) is 8.08. The molecule has 8 heteroatoms. The highest BCUT2D eigenvalue weighted by Gasteiger charge is 2.39. The molecule has 0 aliphatic carbocycles. The van der Waals surface area contributed by atoms with E-state index in [1.165, 1.54) is 6.20 Å². The summed E-state index contributed by atoms with van der Waals surface area (Å²) in [5.41, 5.74) is 1.43. The Hall–Kier alpha value is -2.55. The van der Waals surface area contributed by atoms with Gasteiger partial charge < -0.3 is 4.52 Å². The molecule has 1 fully saturated rings. The molecular weight excluding hydrogens is 394 g/mol. The van der Waals surface area contributed by atoms with E-state index in [-0.39, 0.29) is 10.9 Å². The first kappa shape index (κ1) is 17.5. The van der Waals surface area contributed by atoms with E-state index in [1.807, 2.05) is 24.3 Å². The van der Waals surface area contributed by atoms with Crippen LogP contribution in [0, 0.1) is 0 Å². The second-order valence-corrected chi connectivity index (χ2v) is 9.59. The van der Waals surface area contributed by atoms with Crippen LogP contribution in [0.25, 0.3) is 21.5 Å². The Morgan fingerprint density at radius 1 is 1.07 bits per heavy atom. The average Bonchev–Trinajstić information content (AvgIpc) is 3.47. The molecule has 1 unspecified atom stereocenters. The molecule has 142 valence electrons. The molecule has 0 amide bonds. The van der Waals surface area contributed by atoms with Crippen molar-refractivity contribution in [3.63, 3.8) is 0 Å². The fourth-order valence-corrected chi connectivity index (χ4v) is 6.72. The lowest BCUT2D eigenvalue weighted by molar-refractivity contribution is 0.395. The number of nitrogens with zero attached hydrogens (tertiary/aromatic N) is 3. The fraction of sp³-hybridized carbons (Fsp3) is 0.200. The van der Waals surface area contributed by atoms with Crippen molar-refractivity contribution in [3.8, 4) is 11.3 Å². The lowest BCUT2D eigenvalue weighted by Gasteiger charge is -2.23. The summed E-state index contributed by atoms with van der Waals surface area (Å²) in [6.45, 7) is 0.480. The molecule has 1 saturated heterocycles. The van der Waals surface area contributed by atoms with Crippen molar-refractivity contribution in [2.24, 2.45) is 0 Å². The van der Waals surface area contributed by atoms with E-state index in [0.29, 0.717) is 17.9 Å². The highest BCUT2D eigenvalue weighted by Crippen LogP contribution is 2.41. The maximum Gasteiger partial charge on any atom is 0.244 e. The number of aromatic nitrogens is 2. The number of para-hydroxylation sites is 1. The van der Waals surface area contributed by atoms with Crippen LogP contribution < -0.4 is 0 Å². The van der Waals surface area contributed by atoms with Gasteiger partial charge in [-0.05, 0) is 37.1 Å². The Labute approximate surface area is 166 Å². The van der Waals surface area contributed by atoms with Gasteiger partial charge in [0.1, 0.15) is 5.01 Å². The Morgan fingerprint density at radius 2 is 1.89 bits per heavy atom. The van der Waals surface area contributed by atoms with Crippen LogP contribution in [0.2, 0.25) is 0 Å². The molecule has 0 N–H and O–H groups in total. The Bertz CT molecular complexity index is 1200. The van der Waals surface area contributed by atoms with E-state index < -0.39 is 10.0 Å². The van der Waals surface area contributed by atoms with Crippen molar-refractivity contribution < 1.29 is 12.9 Å². The largest absolute Gasteiger partial charge is 0.356 e. The van der Waals surface area contributed by atoms with Crippen molar-refractivity contribution in [2.75, 3.05) is 6.54 Å². The minimum atomic E-state index is -3.72. The molecule has 4 aromatic rings. The van der Waals surface area contributed by atoms with Gasteiger partial charge in [-0.15, -0.1) is 11.3 Å². The first-order valence-electron chi connectivity index (χ1n) is 9.02. The smallest absolute Gasteiger partial charge is 0.244 e. The van der Waals surface area contributed by atoms with Gasteiger partial charge in [0.15, 0.2) is 5.76 Å². The van der Waals surface area contributed by atoms with Gasteiger partial charge in [0, 0.05) is 18.2 Å². The van der Waals surface area contributed by atoms with E-state index in [4.69, 9.17) is 9.51 Å². The van der Waals surface area contributed by atoms with Crippen molar-refractivity contribution in [3.05, 3.63) is 65.8 Å². The van der Waals surface area contributed by atoms with Crippen molar-refractivity contribution in [2.45, 2.75) is 23.8 Å².